The Morgan fingerprint density at radius 1 is 1.46 bits per heavy atom. The Morgan fingerprint density at radius 3 is 2.77 bits per heavy atom. The average molecular weight is 181 g/mol. The minimum Gasteiger partial charge on any atom is -0.432 e. The summed E-state index contributed by atoms with van der Waals surface area (Å²) in [5.74, 6) is -0.353. The highest BCUT2D eigenvalue weighted by Crippen LogP contribution is 2.06. The Labute approximate surface area is 78.7 Å². The number of hydrogen-bond acceptors (Lipinski definition) is 3. The van der Waals surface area contributed by atoms with Crippen LogP contribution in [0.3, 0.4) is 0 Å². The molecule has 1 rings (SSSR count). The first-order valence-corrected chi connectivity index (χ1v) is 4.53. The summed E-state index contributed by atoms with van der Waals surface area (Å²) < 4.78 is 4.53. The Kier molecular flexibility index (Phi) is 4.26. The van der Waals surface area contributed by atoms with E-state index in [0.717, 1.165) is 25.9 Å². The smallest absolute Gasteiger partial charge is 0.335 e. The van der Waals surface area contributed by atoms with Crippen LogP contribution in [0.15, 0.2) is 25.0 Å². The van der Waals surface area contributed by atoms with Gasteiger partial charge >= 0.3 is 5.97 Å². The van der Waals surface area contributed by atoms with E-state index < -0.39 is 0 Å². The Balaban J connectivity index is 2.16. The molecule has 72 valence electrons. The molecule has 0 atom stereocenters. The highest BCUT2D eigenvalue weighted by atomic mass is 16.5. The van der Waals surface area contributed by atoms with Crippen molar-refractivity contribution in [2.45, 2.75) is 12.8 Å². The second-order valence-corrected chi connectivity index (χ2v) is 3.01. The Hall–Kier alpha value is -1.09. The molecule has 1 heterocycles. The Morgan fingerprint density at radius 2 is 2.15 bits per heavy atom. The van der Waals surface area contributed by atoms with Crippen LogP contribution in [0.2, 0.25) is 0 Å². The molecular formula is C10H15NO2. The fourth-order valence-corrected chi connectivity index (χ4v) is 1.38. The molecule has 1 fully saturated rings. The van der Waals surface area contributed by atoms with Gasteiger partial charge in [0.2, 0.25) is 0 Å². The second-order valence-electron chi connectivity index (χ2n) is 3.01. The third kappa shape index (κ3) is 3.90. The SMILES string of the molecule is C=COC(=O)C=CCN1CCCC1. The van der Waals surface area contributed by atoms with E-state index in [1.807, 2.05) is 6.08 Å². The van der Waals surface area contributed by atoms with E-state index in [9.17, 15) is 4.79 Å². The third-order valence-electron chi connectivity index (χ3n) is 2.02. The Bertz CT molecular complexity index is 205. The van der Waals surface area contributed by atoms with Gasteiger partial charge in [0.15, 0.2) is 0 Å². The predicted molar refractivity (Wildman–Crippen MR) is 51.1 cm³/mol. The van der Waals surface area contributed by atoms with Gasteiger partial charge in [-0.3, -0.25) is 4.90 Å². The molecule has 0 unspecified atom stereocenters. The van der Waals surface area contributed by atoms with Crippen LogP contribution in [-0.2, 0) is 9.53 Å². The van der Waals surface area contributed by atoms with Gasteiger partial charge in [0, 0.05) is 12.6 Å². The standard InChI is InChI=1S/C10H15NO2/c1-2-13-10(12)6-5-9-11-7-3-4-8-11/h2,5-6H,1,3-4,7-9H2. The first-order chi connectivity index (χ1) is 6.33. The molecule has 13 heavy (non-hydrogen) atoms. The van der Waals surface area contributed by atoms with Crippen LogP contribution < -0.4 is 0 Å². The van der Waals surface area contributed by atoms with Crippen LogP contribution in [-0.4, -0.2) is 30.5 Å². The van der Waals surface area contributed by atoms with Gasteiger partial charge in [0.25, 0.3) is 0 Å². The topological polar surface area (TPSA) is 29.5 Å². The summed E-state index contributed by atoms with van der Waals surface area (Å²) >= 11 is 0. The monoisotopic (exact) mass is 181 g/mol. The number of carbonyl (C=O) groups excluding carboxylic acids is 1. The van der Waals surface area contributed by atoms with Crippen LogP contribution in [0.25, 0.3) is 0 Å². The summed E-state index contributed by atoms with van der Waals surface area (Å²) in [5.41, 5.74) is 0. The van der Waals surface area contributed by atoms with E-state index in [4.69, 9.17) is 0 Å². The zero-order chi connectivity index (χ0) is 9.52. The zero-order valence-electron chi connectivity index (χ0n) is 7.74. The van der Waals surface area contributed by atoms with E-state index >= 15 is 0 Å². The summed E-state index contributed by atoms with van der Waals surface area (Å²) in [5, 5.41) is 0. The molecule has 0 radical (unpaired) electrons. The van der Waals surface area contributed by atoms with Crippen LogP contribution >= 0.6 is 0 Å². The van der Waals surface area contributed by atoms with E-state index in [1.165, 1.54) is 18.9 Å². The molecule has 0 aromatic carbocycles. The summed E-state index contributed by atoms with van der Waals surface area (Å²) in [6.07, 6.45) is 6.95. The fourth-order valence-electron chi connectivity index (χ4n) is 1.38. The lowest BCUT2D eigenvalue weighted by Crippen LogP contribution is -2.18. The van der Waals surface area contributed by atoms with Crippen molar-refractivity contribution in [3.05, 3.63) is 25.0 Å². The molecular weight excluding hydrogens is 166 g/mol. The molecule has 0 aliphatic carbocycles. The van der Waals surface area contributed by atoms with E-state index in [1.54, 1.807) is 0 Å². The molecule has 0 N–H and O–H groups in total. The van der Waals surface area contributed by atoms with Gasteiger partial charge in [-0.1, -0.05) is 12.7 Å². The van der Waals surface area contributed by atoms with E-state index in [2.05, 4.69) is 16.2 Å². The minimum atomic E-state index is -0.353. The summed E-state index contributed by atoms with van der Waals surface area (Å²) in [7, 11) is 0. The van der Waals surface area contributed by atoms with Crippen molar-refractivity contribution < 1.29 is 9.53 Å². The fraction of sp³-hybridized carbons (Fsp3) is 0.500. The molecule has 0 aromatic heterocycles. The van der Waals surface area contributed by atoms with Crippen molar-refractivity contribution in [2.24, 2.45) is 0 Å². The van der Waals surface area contributed by atoms with Crippen molar-refractivity contribution in [3.8, 4) is 0 Å². The quantitative estimate of drug-likeness (QED) is 0.372. The predicted octanol–water partition coefficient (Wildman–Crippen LogP) is 1.33. The average Bonchev–Trinajstić information content (AvgIpc) is 2.57. The van der Waals surface area contributed by atoms with Crippen molar-refractivity contribution in [1.29, 1.82) is 0 Å². The minimum absolute atomic E-state index is 0.353. The van der Waals surface area contributed by atoms with Gasteiger partial charge in [-0.15, -0.1) is 0 Å². The van der Waals surface area contributed by atoms with Gasteiger partial charge in [0.1, 0.15) is 0 Å². The maximum Gasteiger partial charge on any atom is 0.335 e. The first kappa shape index (κ1) is 9.99. The molecule has 0 spiro atoms. The van der Waals surface area contributed by atoms with Gasteiger partial charge in [0.05, 0.1) is 6.26 Å². The molecule has 0 bridgehead atoms. The summed E-state index contributed by atoms with van der Waals surface area (Å²) in [4.78, 5) is 13.1. The van der Waals surface area contributed by atoms with Crippen molar-refractivity contribution in [2.75, 3.05) is 19.6 Å². The number of carbonyl (C=O) groups is 1. The molecule has 0 amide bonds. The normalized spacial score (nSPS) is 17.8. The van der Waals surface area contributed by atoms with E-state index in [0.29, 0.717) is 0 Å². The first-order valence-electron chi connectivity index (χ1n) is 4.53. The van der Waals surface area contributed by atoms with Crippen molar-refractivity contribution >= 4 is 5.97 Å². The summed E-state index contributed by atoms with van der Waals surface area (Å²) in [6, 6.07) is 0. The van der Waals surface area contributed by atoms with Crippen LogP contribution in [0.4, 0.5) is 0 Å². The highest BCUT2D eigenvalue weighted by molar-refractivity contribution is 5.82. The van der Waals surface area contributed by atoms with Gasteiger partial charge < -0.3 is 4.74 Å². The lowest BCUT2D eigenvalue weighted by atomic mass is 10.4. The molecule has 1 saturated heterocycles. The number of hydrogen-bond donors (Lipinski definition) is 0. The zero-order valence-corrected chi connectivity index (χ0v) is 7.74. The molecule has 3 nitrogen and oxygen atoms in total. The van der Waals surface area contributed by atoms with Gasteiger partial charge in [-0.2, -0.15) is 0 Å². The van der Waals surface area contributed by atoms with Gasteiger partial charge in [-0.05, 0) is 25.9 Å². The third-order valence-corrected chi connectivity index (χ3v) is 2.02. The lowest BCUT2D eigenvalue weighted by molar-refractivity contribution is -0.132. The molecule has 1 aliphatic rings. The number of ether oxygens (including phenoxy) is 1. The molecule has 0 saturated carbocycles. The lowest BCUT2D eigenvalue weighted by Gasteiger charge is -2.09. The maximum absolute atomic E-state index is 10.8. The maximum atomic E-state index is 10.8. The second kappa shape index (κ2) is 5.54. The summed E-state index contributed by atoms with van der Waals surface area (Å²) in [6.45, 7) is 6.42. The highest BCUT2D eigenvalue weighted by Gasteiger charge is 2.08. The van der Waals surface area contributed by atoms with Gasteiger partial charge in [-0.25, -0.2) is 4.79 Å². The molecule has 1 aliphatic heterocycles. The van der Waals surface area contributed by atoms with Crippen molar-refractivity contribution in [3.63, 3.8) is 0 Å². The van der Waals surface area contributed by atoms with Crippen LogP contribution in [0.1, 0.15) is 12.8 Å². The number of rotatable bonds is 4. The molecule has 3 heteroatoms. The largest absolute Gasteiger partial charge is 0.432 e. The molecule has 0 aromatic rings. The van der Waals surface area contributed by atoms with Crippen LogP contribution in [0.5, 0.6) is 0 Å². The van der Waals surface area contributed by atoms with Crippen LogP contribution in [0, 0.1) is 0 Å². The number of nitrogens with zero attached hydrogens (tertiary/aromatic N) is 1. The van der Waals surface area contributed by atoms with Crippen molar-refractivity contribution in [1.82, 2.24) is 4.90 Å². The number of esters is 1. The number of likely N-dealkylation sites (tertiary alicyclic amines) is 1. The van der Waals surface area contributed by atoms with E-state index in [-0.39, 0.29) is 5.97 Å².